The lowest BCUT2D eigenvalue weighted by molar-refractivity contribution is 0.248. The standard InChI is InChI=1S/C4H4N3O/c5-1-3-2-6-4(8)7-3/h2-3H,(H2,6,7,8). The van der Waals surface area contributed by atoms with Crippen molar-refractivity contribution in [3.8, 4) is 6.07 Å². The third-order valence-electron chi connectivity index (χ3n) is 0.807. The van der Waals surface area contributed by atoms with Crippen molar-refractivity contribution in [1.29, 1.82) is 5.26 Å². The van der Waals surface area contributed by atoms with Crippen molar-refractivity contribution in [2.45, 2.75) is 6.04 Å². The van der Waals surface area contributed by atoms with Crippen molar-refractivity contribution in [1.82, 2.24) is 10.6 Å². The first-order valence-electron chi connectivity index (χ1n) is 2.13. The molecule has 4 nitrogen and oxygen atoms in total. The van der Waals surface area contributed by atoms with E-state index in [-0.39, 0.29) is 6.03 Å². The summed E-state index contributed by atoms with van der Waals surface area (Å²) < 4.78 is 0. The Labute approximate surface area is 46.5 Å². The molecule has 0 saturated carbocycles. The number of nitrogens with zero attached hydrogens (tertiary/aromatic N) is 1. The van der Waals surface area contributed by atoms with Gasteiger partial charge < -0.3 is 10.6 Å². The van der Waals surface area contributed by atoms with Crippen LogP contribution in [0.15, 0.2) is 0 Å². The van der Waals surface area contributed by atoms with Crippen LogP contribution in [0.3, 0.4) is 0 Å². The predicted molar refractivity (Wildman–Crippen MR) is 25.4 cm³/mol. The molecule has 1 atom stereocenters. The summed E-state index contributed by atoms with van der Waals surface area (Å²) in [4.78, 5) is 10.2. The molecule has 1 saturated heterocycles. The summed E-state index contributed by atoms with van der Waals surface area (Å²) in [5, 5.41) is 12.8. The number of rotatable bonds is 0. The second-order valence-corrected chi connectivity index (χ2v) is 1.39. The zero-order chi connectivity index (χ0) is 5.98. The first-order valence-corrected chi connectivity index (χ1v) is 2.13. The molecular formula is C4H4N3O. The second kappa shape index (κ2) is 1.70. The summed E-state index contributed by atoms with van der Waals surface area (Å²) in [6.45, 7) is 1.41. The van der Waals surface area contributed by atoms with Gasteiger partial charge in [-0.3, -0.25) is 0 Å². The molecule has 0 bridgehead atoms. The van der Waals surface area contributed by atoms with Crippen LogP contribution in [-0.2, 0) is 0 Å². The highest BCUT2D eigenvalue weighted by molar-refractivity contribution is 5.78. The smallest absolute Gasteiger partial charge is 0.316 e. The van der Waals surface area contributed by atoms with E-state index in [2.05, 4.69) is 10.6 Å². The number of hydrogen-bond acceptors (Lipinski definition) is 2. The fraction of sp³-hybridized carbons (Fsp3) is 0.250. The van der Waals surface area contributed by atoms with Crippen molar-refractivity contribution in [2.24, 2.45) is 0 Å². The maximum Gasteiger partial charge on any atom is 0.316 e. The molecule has 1 radical (unpaired) electrons. The largest absolute Gasteiger partial charge is 0.330 e. The zero-order valence-corrected chi connectivity index (χ0v) is 4.01. The maximum atomic E-state index is 10.2. The van der Waals surface area contributed by atoms with Gasteiger partial charge in [0.2, 0.25) is 0 Å². The molecule has 8 heavy (non-hydrogen) atoms. The summed E-state index contributed by atoms with van der Waals surface area (Å²) in [7, 11) is 0. The van der Waals surface area contributed by atoms with E-state index in [0.29, 0.717) is 0 Å². The van der Waals surface area contributed by atoms with Crippen LogP contribution in [0.5, 0.6) is 0 Å². The number of nitriles is 1. The van der Waals surface area contributed by atoms with Gasteiger partial charge in [0, 0.05) is 0 Å². The number of carbonyl (C=O) groups excluding carboxylic acids is 1. The summed E-state index contributed by atoms with van der Waals surface area (Å²) in [5.41, 5.74) is 0. The summed E-state index contributed by atoms with van der Waals surface area (Å²) in [6, 6.07) is 1.08. The molecule has 0 spiro atoms. The van der Waals surface area contributed by atoms with Crippen LogP contribution in [0.25, 0.3) is 0 Å². The molecule has 4 heteroatoms. The number of nitrogens with one attached hydrogen (secondary N) is 2. The maximum absolute atomic E-state index is 10.2. The van der Waals surface area contributed by atoms with Gasteiger partial charge in [0.15, 0.2) is 0 Å². The fourth-order valence-corrected chi connectivity index (χ4v) is 0.453. The Kier molecular flexibility index (Phi) is 1.04. The van der Waals surface area contributed by atoms with Gasteiger partial charge in [-0.2, -0.15) is 5.26 Å². The Morgan fingerprint density at radius 3 is 2.88 bits per heavy atom. The van der Waals surface area contributed by atoms with Crippen molar-refractivity contribution >= 4 is 6.03 Å². The van der Waals surface area contributed by atoms with Crippen molar-refractivity contribution in [3.05, 3.63) is 6.54 Å². The molecule has 0 aromatic rings. The van der Waals surface area contributed by atoms with E-state index >= 15 is 0 Å². The van der Waals surface area contributed by atoms with Crippen LogP contribution in [0.2, 0.25) is 0 Å². The van der Waals surface area contributed by atoms with Gasteiger partial charge in [-0.15, -0.1) is 0 Å². The highest BCUT2D eigenvalue weighted by Crippen LogP contribution is 1.90. The van der Waals surface area contributed by atoms with E-state index < -0.39 is 6.04 Å². The molecule has 2 N–H and O–H groups in total. The quantitative estimate of drug-likeness (QED) is 0.435. The lowest BCUT2D eigenvalue weighted by Gasteiger charge is -1.89. The van der Waals surface area contributed by atoms with Crippen molar-refractivity contribution in [2.75, 3.05) is 0 Å². The van der Waals surface area contributed by atoms with Gasteiger partial charge in [0.05, 0.1) is 12.6 Å². The molecule has 1 fully saturated rings. The first-order chi connectivity index (χ1) is 3.83. The first kappa shape index (κ1) is 4.91. The predicted octanol–water partition coefficient (Wildman–Crippen LogP) is -0.647. The van der Waals surface area contributed by atoms with Gasteiger partial charge in [-0.1, -0.05) is 0 Å². The molecule has 2 amide bonds. The Morgan fingerprint density at radius 2 is 2.62 bits per heavy atom. The topological polar surface area (TPSA) is 64.9 Å². The minimum absolute atomic E-state index is 0.309. The monoisotopic (exact) mass is 110 g/mol. The molecule has 1 aliphatic rings. The Hall–Kier alpha value is -1.24. The number of urea groups is 1. The summed E-state index contributed by atoms with van der Waals surface area (Å²) in [6.07, 6.45) is 0. The van der Waals surface area contributed by atoms with E-state index in [1.165, 1.54) is 6.54 Å². The zero-order valence-electron chi connectivity index (χ0n) is 4.01. The molecule has 1 unspecified atom stereocenters. The number of carbonyl (C=O) groups is 1. The molecule has 1 heterocycles. The Morgan fingerprint density at radius 1 is 1.88 bits per heavy atom. The lowest BCUT2D eigenvalue weighted by atomic mass is 10.4. The normalized spacial score (nSPS) is 25.9. The Balaban J connectivity index is 2.47. The Bertz CT molecular complexity index is 148. The lowest BCUT2D eigenvalue weighted by Crippen LogP contribution is -2.24. The van der Waals surface area contributed by atoms with Gasteiger partial charge in [-0.25, -0.2) is 4.79 Å². The van der Waals surface area contributed by atoms with Crippen LogP contribution in [-0.4, -0.2) is 12.1 Å². The second-order valence-electron chi connectivity index (χ2n) is 1.39. The minimum Gasteiger partial charge on any atom is -0.330 e. The minimum atomic E-state index is -0.456. The SMILES string of the molecule is N#CC1[CH]NC(=O)N1. The number of hydrogen-bond donors (Lipinski definition) is 2. The van der Waals surface area contributed by atoms with Crippen LogP contribution >= 0.6 is 0 Å². The van der Waals surface area contributed by atoms with Crippen LogP contribution in [0.4, 0.5) is 4.79 Å². The van der Waals surface area contributed by atoms with Crippen LogP contribution in [0.1, 0.15) is 0 Å². The van der Waals surface area contributed by atoms with Crippen LogP contribution in [0, 0.1) is 17.9 Å². The molecule has 0 aliphatic carbocycles. The van der Waals surface area contributed by atoms with Crippen molar-refractivity contribution in [3.63, 3.8) is 0 Å². The van der Waals surface area contributed by atoms with E-state index in [9.17, 15) is 4.79 Å². The summed E-state index contributed by atoms with van der Waals surface area (Å²) >= 11 is 0. The van der Waals surface area contributed by atoms with Crippen molar-refractivity contribution < 1.29 is 4.79 Å². The third kappa shape index (κ3) is 0.706. The van der Waals surface area contributed by atoms with E-state index in [1.807, 2.05) is 6.07 Å². The van der Waals surface area contributed by atoms with E-state index in [0.717, 1.165) is 0 Å². The molecule has 1 aliphatic heterocycles. The molecule has 0 aromatic heterocycles. The highest BCUT2D eigenvalue weighted by atomic mass is 16.2. The average molecular weight is 110 g/mol. The highest BCUT2D eigenvalue weighted by Gasteiger charge is 2.18. The van der Waals surface area contributed by atoms with Gasteiger partial charge in [0.25, 0.3) is 0 Å². The molecule has 0 aromatic carbocycles. The molecule has 1 rings (SSSR count). The average Bonchev–Trinajstić information content (AvgIpc) is 2.14. The van der Waals surface area contributed by atoms with E-state index in [4.69, 9.17) is 5.26 Å². The molecule has 41 valence electrons. The molecular weight excluding hydrogens is 106 g/mol. The summed E-state index contributed by atoms with van der Waals surface area (Å²) in [5.74, 6) is 0. The number of amides is 2. The third-order valence-corrected chi connectivity index (χ3v) is 0.807. The van der Waals surface area contributed by atoms with Gasteiger partial charge in [-0.05, 0) is 0 Å². The van der Waals surface area contributed by atoms with E-state index in [1.54, 1.807) is 0 Å². The van der Waals surface area contributed by atoms with Gasteiger partial charge in [0.1, 0.15) is 6.04 Å². The fourth-order valence-electron chi connectivity index (χ4n) is 0.453. The van der Waals surface area contributed by atoms with Gasteiger partial charge >= 0.3 is 6.03 Å². The van der Waals surface area contributed by atoms with Crippen LogP contribution < -0.4 is 10.6 Å².